The van der Waals surface area contributed by atoms with Crippen LogP contribution in [0.5, 0.6) is 5.75 Å². The number of rotatable bonds is 5. The monoisotopic (exact) mass is 584 g/mol. The van der Waals surface area contributed by atoms with Crippen LogP contribution >= 0.6 is 46.1 Å². The summed E-state index contributed by atoms with van der Waals surface area (Å²) in [6, 6.07) is 9.92. The maximum absolute atomic E-state index is 13.5. The summed E-state index contributed by atoms with van der Waals surface area (Å²) in [6.07, 6.45) is 11.2. The van der Waals surface area contributed by atoms with Crippen LogP contribution in [0.2, 0.25) is 0 Å². The average molecular weight is 584 g/mol. The Morgan fingerprint density at radius 1 is 0.844 bits per heavy atom. The van der Waals surface area contributed by atoms with Crippen LogP contribution in [0, 0.1) is 15.2 Å². The molecule has 2 aliphatic carbocycles. The first-order valence-electron chi connectivity index (χ1n) is 10.6. The van der Waals surface area contributed by atoms with E-state index in [0.717, 1.165) is 35.3 Å². The maximum Gasteiger partial charge on any atom is 0.187 e. The number of thioether (sulfide) groups is 2. The fourth-order valence-corrected chi connectivity index (χ4v) is 6.41. The summed E-state index contributed by atoms with van der Waals surface area (Å²) in [6.45, 7) is 0. The lowest BCUT2D eigenvalue weighted by molar-refractivity contribution is 0.396. The molecule has 168 valence electrons. The quantitative estimate of drug-likeness (QED) is 0.312. The number of phenolic OH excluding ortho intramolecular Hbond substituents is 1. The molecule has 1 N–H and O–H groups in total. The molecular formula is C24H23F2IN2OS2. The molecule has 0 bridgehead atoms. The number of aromatic nitrogens is 2. The van der Waals surface area contributed by atoms with E-state index in [1.54, 1.807) is 30.1 Å². The highest BCUT2D eigenvalue weighted by molar-refractivity contribution is 14.1. The zero-order valence-corrected chi connectivity index (χ0v) is 21.1. The van der Waals surface area contributed by atoms with E-state index < -0.39 is 17.4 Å². The van der Waals surface area contributed by atoms with Gasteiger partial charge in [0.25, 0.3) is 0 Å². The number of nitrogens with zero attached hydrogens (tertiary/aromatic N) is 2. The van der Waals surface area contributed by atoms with Crippen molar-refractivity contribution in [2.45, 2.75) is 59.1 Å². The second-order valence-corrected chi connectivity index (χ2v) is 11.5. The molecule has 5 rings (SSSR count). The van der Waals surface area contributed by atoms with Crippen LogP contribution in [0.3, 0.4) is 0 Å². The van der Waals surface area contributed by atoms with Gasteiger partial charge >= 0.3 is 0 Å². The summed E-state index contributed by atoms with van der Waals surface area (Å²) in [7, 11) is 0. The maximum atomic E-state index is 13.5. The molecule has 1 aromatic carbocycles. The average Bonchev–Trinajstić information content (AvgIpc) is 2.73. The van der Waals surface area contributed by atoms with Crippen molar-refractivity contribution in [2.24, 2.45) is 0 Å². The Bertz CT molecular complexity index is 1050. The predicted octanol–water partition coefficient (Wildman–Crippen LogP) is 7.71. The van der Waals surface area contributed by atoms with Crippen molar-refractivity contribution in [1.29, 1.82) is 0 Å². The third-order valence-corrected chi connectivity index (χ3v) is 9.43. The first kappa shape index (κ1) is 23.8. The van der Waals surface area contributed by atoms with Crippen LogP contribution < -0.4 is 0 Å². The van der Waals surface area contributed by atoms with Gasteiger partial charge in [0, 0.05) is 32.0 Å². The van der Waals surface area contributed by atoms with Crippen LogP contribution in [-0.2, 0) is 0 Å². The van der Waals surface area contributed by atoms with Crippen molar-refractivity contribution >= 4 is 46.1 Å². The molecule has 32 heavy (non-hydrogen) atoms. The van der Waals surface area contributed by atoms with Gasteiger partial charge in [0.05, 0.1) is 0 Å². The third-order valence-electron chi connectivity index (χ3n) is 5.48. The van der Waals surface area contributed by atoms with Crippen molar-refractivity contribution in [3.8, 4) is 16.9 Å². The standard InChI is InChI=1S/C15H13F2NOS.C9H10INS/c16-12-7-9(8-13(17)14(12)19)11-5-2-6-18-15(11)20-10-3-1-4-10;10-8-5-2-6-11-9(8)12-7-3-1-4-7/h2,5-8,10,19H,1,3-4H2;2,5-7H,1,3-4H2. The van der Waals surface area contributed by atoms with E-state index in [9.17, 15) is 8.78 Å². The van der Waals surface area contributed by atoms with Gasteiger partial charge in [0.2, 0.25) is 0 Å². The van der Waals surface area contributed by atoms with Crippen LogP contribution in [-0.4, -0.2) is 25.6 Å². The van der Waals surface area contributed by atoms with Crippen molar-refractivity contribution in [3.05, 3.63) is 64.0 Å². The Morgan fingerprint density at radius 3 is 1.91 bits per heavy atom. The van der Waals surface area contributed by atoms with E-state index in [2.05, 4.69) is 38.6 Å². The van der Waals surface area contributed by atoms with Crippen molar-refractivity contribution in [1.82, 2.24) is 9.97 Å². The number of hydrogen-bond acceptors (Lipinski definition) is 5. The fourth-order valence-electron chi connectivity index (χ4n) is 3.18. The van der Waals surface area contributed by atoms with E-state index in [1.807, 2.05) is 24.0 Å². The summed E-state index contributed by atoms with van der Waals surface area (Å²) in [5.41, 5.74) is 1.09. The van der Waals surface area contributed by atoms with Gasteiger partial charge in [-0.1, -0.05) is 18.9 Å². The zero-order valence-electron chi connectivity index (χ0n) is 17.3. The number of hydrogen-bond donors (Lipinski definition) is 1. The van der Waals surface area contributed by atoms with Gasteiger partial charge in [-0.3, -0.25) is 0 Å². The molecule has 0 amide bonds. The number of aromatic hydroxyl groups is 1. The Kier molecular flexibility index (Phi) is 8.28. The molecule has 0 unspecified atom stereocenters. The van der Waals surface area contributed by atoms with E-state index in [-0.39, 0.29) is 0 Å². The molecule has 2 saturated carbocycles. The van der Waals surface area contributed by atoms with Gasteiger partial charge in [-0.05, 0) is 84.2 Å². The zero-order chi connectivity index (χ0) is 22.5. The minimum atomic E-state index is -0.955. The van der Waals surface area contributed by atoms with Gasteiger partial charge in [-0.2, -0.15) is 0 Å². The Labute approximate surface area is 209 Å². The molecule has 0 aliphatic heterocycles. The molecule has 3 nitrogen and oxygen atoms in total. The van der Waals surface area contributed by atoms with Crippen LogP contribution in [0.25, 0.3) is 11.1 Å². The minimum absolute atomic E-state index is 0.396. The second kappa shape index (κ2) is 11.2. The molecule has 0 atom stereocenters. The first-order chi connectivity index (χ1) is 15.5. The first-order valence-corrected chi connectivity index (χ1v) is 13.4. The lowest BCUT2D eigenvalue weighted by Crippen LogP contribution is -2.13. The van der Waals surface area contributed by atoms with Gasteiger partial charge in [0.1, 0.15) is 10.1 Å². The van der Waals surface area contributed by atoms with E-state index in [1.165, 1.54) is 34.3 Å². The molecule has 0 spiro atoms. The van der Waals surface area contributed by atoms with Crippen molar-refractivity contribution < 1.29 is 13.9 Å². The highest BCUT2D eigenvalue weighted by atomic mass is 127. The third kappa shape index (κ3) is 5.94. The Morgan fingerprint density at radius 2 is 1.38 bits per heavy atom. The molecule has 2 heterocycles. The SMILES string of the molecule is Ic1cccnc1SC1CCC1.Oc1c(F)cc(-c2cccnc2SC2CCC2)cc1F. The molecule has 2 aromatic heterocycles. The number of pyridine rings is 2. The van der Waals surface area contributed by atoms with Crippen LogP contribution in [0.4, 0.5) is 8.78 Å². The van der Waals surface area contributed by atoms with Gasteiger partial charge in [-0.15, -0.1) is 23.5 Å². The molecular weight excluding hydrogens is 561 g/mol. The summed E-state index contributed by atoms with van der Waals surface area (Å²) in [4.78, 5) is 8.67. The molecule has 0 saturated heterocycles. The van der Waals surface area contributed by atoms with E-state index >= 15 is 0 Å². The number of halogens is 3. The van der Waals surface area contributed by atoms with Crippen molar-refractivity contribution in [3.63, 3.8) is 0 Å². The van der Waals surface area contributed by atoms with Gasteiger partial charge < -0.3 is 5.11 Å². The van der Waals surface area contributed by atoms with Gasteiger partial charge in [0.15, 0.2) is 17.4 Å². The van der Waals surface area contributed by atoms with Crippen molar-refractivity contribution in [2.75, 3.05) is 0 Å². The minimum Gasteiger partial charge on any atom is -0.503 e. The molecule has 2 fully saturated rings. The fraction of sp³-hybridized carbons (Fsp3) is 0.333. The van der Waals surface area contributed by atoms with E-state index in [4.69, 9.17) is 5.11 Å². The molecule has 0 radical (unpaired) electrons. The largest absolute Gasteiger partial charge is 0.503 e. The van der Waals surface area contributed by atoms with Crippen LogP contribution in [0.1, 0.15) is 38.5 Å². The topological polar surface area (TPSA) is 46.0 Å². The highest BCUT2D eigenvalue weighted by Gasteiger charge is 2.22. The van der Waals surface area contributed by atoms with E-state index in [0.29, 0.717) is 16.4 Å². The molecule has 8 heteroatoms. The summed E-state index contributed by atoms with van der Waals surface area (Å²) in [5.74, 6) is -2.85. The number of phenols is 1. The lowest BCUT2D eigenvalue weighted by Gasteiger charge is -2.24. The predicted molar refractivity (Wildman–Crippen MR) is 135 cm³/mol. The highest BCUT2D eigenvalue weighted by Crippen LogP contribution is 2.40. The smallest absolute Gasteiger partial charge is 0.187 e. The number of benzene rings is 1. The summed E-state index contributed by atoms with van der Waals surface area (Å²) in [5, 5.41) is 12.5. The Hall–Kier alpha value is -1.39. The second-order valence-electron chi connectivity index (χ2n) is 7.78. The Balaban J connectivity index is 0.000000174. The molecule has 3 aromatic rings. The van der Waals surface area contributed by atoms with Gasteiger partial charge in [-0.25, -0.2) is 18.7 Å². The summed E-state index contributed by atoms with van der Waals surface area (Å²) < 4.78 is 28.2. The summed E-state index contributed by atoms with van der Waals surface area (Å²) >= 11 is 5.94. The lowest BCUT2D eigenvalue weighted by atomic mass is 10.00. The van der Waals surface area contributed by atoms with Crippen LogP contribution in [0.15, 0.2) is 58.8 Å². The normalized spacial score (nSPS) is 16.0. The molecule has 2 aliphatic rings.